The minimum absolute atomic E-state index is 0.170. The van der Waals surface area contributed by atoms with E-state index in [0.29, 0.717) is 0 Å². The molecule has 0 amide bonds. The third-order valence-corrected chi connectivity index (χ3v) is 14.5. The van der Waals surface area contributed by atoms with Gasteiger partial charge in [0.15, 0.2) is 0 Å². The topological polar surface area (TPSA) is 19.6 Å². The van der Waals surface area contributed by atoms with Gasteiger partial charge in [-0.1, -0.05) is 184 Å². The quantitative estimate of drug-likeness (QED) is 0.152. The first-order valence-electron chi connectivity index (χ1n) is 23.3. The number of benzene rings is 10. The van der Waals surface area contributed by atoms with E-state index < -0.39 is 5.41 Å². The fourth-order valence-corrected chi connectivity index (χ4v) is 11.6. The lowest BCUT2D eigenvalue weighted by Gasteiger charge is -2.35. The van der Waals surface area contributed by atoms with Crippen LogP contribution in [0.15, 0.2) is 247 Å². The highest BCUT2D eigenvalue weighted by Crippen LogP contribution is 2.57. The van der Waals surface area contributed by atoms with Gasteiger partial charge in [0.25, 0.3) is 0 Å². The summed E-state index contributed by atoms with van der Waals surface area (Å²) in [7, 11) is 0. The fourth-order valence-electron chi connectivity index (χ4n) is 11.6. The van der Waals surface area contributed by atoms with Gasteiger partial charge in [0.1, 0.15) is 11.2 Å². The molecule has 13 rings (SSSR count). The molecule has 10 aromatic carbocycles. The van der Waals surface area contributed by atoms with Crippen LogP contribution in [-0.2, 0) is 10.8 Å². The van der Waals surface area contributed by atoms with Crippen LogP contribution in [0.1, 0.15) is 47.2 Å². The molecule has 3 nitrogen and oxygen atoms in total. The van der Waals surface area contributed by atoms with Gasteiger partial charge in [0, 0.05) is 39.2 Å². The van der Waals surface area contributed by atoms with Gasteiger partial charge >= 0.3 is 0 Å². The Morgan fingerprint density at radius 2 is 0.821 bits per heavy atom. The molecule has 0 spiro atoms. The summed E-state index contributed by atoms with van der Waals surface area (Å²) in [5.74, 6) is 0. The molecular weight excluding hydrogens is 813 g/mol. The molecule has 0 saturated heterocycles. The third-order valence-electron chi connectivity index (χ3n) is 14.5. The van der Waals surface area contributed by atoms with Gasteiger partial charge in [-0.05, 0) is 128 Å². The minimum atomic E-state index is -0.529. The summed E-state index contributed by atoms with van der Waals surface area (Å²) in [4.78, 5) is 4.84. The second kappa shape index (κ2) is 15.1. The number of fused-ring (bicyclic) bond motifs is 9. The summed E-state index contributed by atoms with van der Waals surface area (Å²) >= 11 is 0. The summed E-state index contributed by atoms with van der Waals surface area (Å²) in [6, 6.07) is 88.7. The second-order valence-corrected chi connectivity index (χ2v) is 18.4. The first kappa shape index (κ1) is 39.0. The van der Waals surface area contributed by atoms with E-state index >= 15 is 0 Å². The third kappa shape index (κ3) is 5.84. The Balaban J connectivity index is 1.02. The van der Waals surface area contributed by atoms with Crippen molar-refractivity contribution in [1.82, 2.24) is 0 Å². The molecule has 0 unspecified atom stereocenters. The maximum absolute atomic E-state index is 6.54. The van der Waals surface area contributed by atoms with E-state index in [4.69, 9.17) is 4.42 Å². The highest BCUT2D eigenvalue weighted by Gasteiger charge is 2.46. The van der Waals surface area contributed by atoms with Crippen LogP contribution in [0.4, 0.5) is 34.1 Å². The standard InChI is InChI=1S/C64H46N2O/c1-63(2)55-32-13-9-28-50(55)53-39-38-49(42-58(53)63)66(59-35-19-37-61-62(59)54-31-12-16-36-60(54)67-61)48-27-18-26-47(41-48)65(45-23-7-4-8-24-45)46-25-17-22-44(40-46)64(43-20-5-3-6-21-43)56-33-14-10-29-51(56)52-30-11-15-34-57(52)64/h3-42H,1-2H3. The van der Waals surface area contributed by atoms with Crippen molar-refractivity contribution in [3.8, 4) is 22.3 Å². The van der Waals surface area contributed by atoms with E-state index in [0.717, 1.165) is 56.1 Å². The van der Waals surface area contributed by atoms with Crippen molar-refractivity contribution in [3.63, 3.8) is 0 Å². The molecule has 0 radical (unpaired) electrons. The molecule has 1 heterocycles. The Morgan fingerprint density at radius 1 is 0.328 bits per heavy atom. The number of furan rings is 1. The van der Waals surface area contributed by atoms with Crippen LogP contribution < -0.4 is 9.80 Å². The smallest absolute Gasteiger partial charge is 0.137 e. The summed E-state index contributed by atoms with van der Waals surface area (Å²) in [6.07, 6.45) is 0. The molecule has 11 aromatic rings. The van der Waals surface area contributed by atoms with Crippen molar-refractivity contribution in [1.29, 1.82) is 0 Å². The van der Waals surface area contributed by atoms with Gasteiger partial charge in [0.05, 0.1) is 16.5 Å². The number of rotatable bonds is 8. The molecule has 0 N–H and O–H groups in total. The van der Waals surface area contributed by atoms with E-state index in [1.54, 1.807) is 0 Å². The van der Waals surface area contributed by atoms with E-state index in [1.165, 1.54) is 55.6 Å². The lowest BCUT2D eigenvalue weighted by molar-refractivity contribution is 0.660. The number of hydrogen-bond acceptors (Lipinski definition) is 3. The monoisotopic (exact) mass is 858 g/mol. The molecule has 2 aliphatic carbocycles. The van der Waals surface area contributed by atoms with E-state index in [1.807, 2.05) is 6.07 Å². The lowest BCUT2D eigenvalue weighted by Crippen LogP contribution is -2.28. The van der Waals surface area contributed by atoms with Crippen molar-refractivity contribution in [2.45, 2.75) is 24.7 Å². The van der Waals surface area contributed by atoms with Crippen LogP contribution in [0.25, 0.3) is 44.2 Å². The van der Waals surface area contributed by atoms with Crippen LogP contribution in [0.2, 0.25) is 0 Å². The van der Waals surface area contributed by atoms with Gasteiger partial charge in [-0.2, -0.15) is 0 Å². The second-order valence-electron chi connectivity index (χ2n) is 18.4. The van der Waals surface area contributed by atoms with E-state index in [9.17, 15) is 0 Å². The molecule has 0 bridgehead atoms. The van der Waals surface area contributed by atoms with Crippen molar-refractivity contribution in [2.24, 2.45) is 0 Å². The Bertz CT molecular complexity index is 3650. The number of hydrogen-bond donors (Lipinski definition) is 0. The normalized spacial score (nSPS) is 13.8. The summed E-state index contributed by atoms with van der Waals surface area (Å²) < 4.78 is 6.54. The van der Waals surface area contributed by atoms with E-state index in [-0.39, 0.29) is 5.41 Å². The molecule has 0 fully saturated rings. The van der Waals surface area contributed by atoms with E-state index in [2.05, 4.69) is 260 Å². The van der Waals surface area contributed by atoms with Crippen molar-refractivity contribution in [2.75, 3.05) is 9.80 Å². The first-order valence-corrected chi connectivity index (χ1v) is 23.3. The molecule has 0 saturated carbocycles. The summed E-state index contributed by atoms with van der Waals surface area (Å²) in [6.45, 7) is 4.71. The highest BCUT2D eigenvalue weighted by molar-refractivity contribution is 6.13. The zero-order valence-electron chi connectivity index (χ0n) is 37.4. The van der Waals surface area contributed by atoms with Crippen LogP contribution in [-0.4, -0.2) is 0 Å². The Hall–Kier alpha value is -8.40. The van der Waals surface area contributed by atoms with Crippen LogP contribution >= 0.6 is 0 Å². The predicted octanol–water partition coefficient (Wildman–Crippen LogP) is 17.2. The largest absolute Gasteiger partial charge is 0.456 e. The highest BCUT2D eigenvalue weighted by atomic mass is 16.3. The van der Waals surface area contributed by atoms with Crippen LogP contribution in [0, 0.1) is 0 Å². The summed E-state index contributed by atoms with van der Waals surface area (Å²) in [5, 5.41) is 2.18. The van der Waals surface area contributed by atoms with Crippen LogP contribution in [0.5, 0.6) is 0 Å². The Labute approximate surface area is 391 Å². The first-order chi connectivity index (χ1) is 33.0. The maximum Gasteiger partial charge on any atom is 0.137 e. The molecule has 2 aliphatic rings. The zero-order chi connectivity index (χ0) is 44.7. The average molecular weight is 859 g/mol. The molecule has 3 heteroatoms. The molecule has 318 valence electrons. The lowest BCUT2D eigenvalue weighted by atomic mass is 9.67. The van der Waals surface area contributed by atoms with Gasteiger partial charge in [-0.15, -0.1) is 0 Å². The molecule has 1 aromatic heterocycles. The number of anilines is 6. The van der Waals surface area contributed by atoms with Crippen molar-refractivity contribution < 1.29 is 4.42 Å². The van der Waals surface area contributed by atoms with Gasteiger partial charge in [-0.3, -0.25) is 0 Å². The molecule has 0 aliphatic heterocycles. The predicted molar refractivity (Wildman–Crippen MR) is 278 cm³/mol. The fraction of sp³-hybridized carbons (Fsp3) is 0.0625. The van der Waals surface area contributed by atoms with Crippen molar-refractivity contribution in [3.05, 3.63) is 276 Å². The molecular formula is C64H46N2O. The Morgan fingerprint density at radius 3 is 1.55 bits per heavy atom. The maximum atomic E-state index is 6.54. The SMILES string of the molecule is CC1(C)c2ccccc2-c2ccc(N(c3cccc(N(c4ccccc4)c4cccc(C5(c6ccccc6)c6ccccc6-c6ccccc65)c4)c3)c3cccc4oc5ccccc5c34)cc21. The number of nitrogens with zero attached hydrogens (tertiary/aromatic N) is 2. The molecule has 0 atom stereocenters. The molecule has 67 heavy (non-hydrogen) atoms. The number of para-hydroxylation sites is 2. The van der Waals surface area contributed by atoms with Crippen molar-refractivity contribution >= 4 is 56.1 Å². The summed E-state index contributed by atoms with van der Waals surface area (Å²) in [5.41, 5.74) is 20.3. The Kier molecular flexibility index (Phi) is 8.78. The minimum Gasteiger partial charge on any atom is -0.456 e. The average Bonchev–Trinajstić information content (AvgIpc) is 3.99. The zero-order valence-corrected chi connectivity index (χ0v) is 37.4. The van der Waals surface area contributed by atoms with Gasteiger partial charge in [-0.25, -0.2) is 0 Å². The van der Waals surface area contributed by atoms with Gasteiger partial charge < -0.3 is 14.2 Å². The van der Waals surface area contributed by atoms with Crippen LogP contribution in [0.3, 0.4) is 0 Å². The van der Waals surface area contributed by atoms with Gasteiger partial charge in [0.2, 0.25) is 0 Å².